The summed E-state index contributed by atoms with van der Waals surface area (Å²) >= 11 is -2.20. The summed E-state index contributed by atoms with van der Waals surface area (Å²) in [5.41, 5.74) is 5.20. The Hall–Kier alpha value is -1.94. The van der Waals surface area contributed by atoms with E-state index in [1.54, 1.807) is 14.2 Å². The van der Waals surface area contributed by atoms with E-state index < -0.39 is 11.3 Å². The van der Waals surface area contributed by atoms with Crippen molar-refractivity contribution in [2.24, 2.45) is 11.8 Å². The summed E-state index contributed by atoms with van der Waals surface area (Å²) in [4.78, 5) is 6.93. The number of piperidine rings is 1. The van der Waals surface area contributed by atoms with Gasteiger partial charge in [0.15, 0.2) is 11.5 Å². The van der Waals surface area contributed by atoms with Crippen molar-refractivity contribution in [1.29, 1.82) is 0 Å². The fourth-order valence-corrected chi connectivity index (χ4v) is 5.09. The van der Waals surface area contributed by atoms with Crippen LogP contribution in [0.5, 0.6) is 11.5 Å². The molecule has 2 unspecified atom stereocenters. The highest BCUT2D eigenvalue weighted by Crippen LogP contribution is 2.37. The number of methoxy groups -OCH3 is 2. The summed E-state index contributed by atoms with van der Waals surface area (Å²) in [6, 6.07) is 6.13. The molecule has 0 bridgehead atoms. The third-order valence-corrected chi connectivity index (χ3v) is 7.27. The van der Waals surface area contributed by atoms with Crippen LogP contribution in [0.2, 0.25) is 0 Å². The fraction of sp³-hybridized carbons (Fsp3) is 0.591. The van der Waals surface area contributed by atoms with Crippen LogP contribution in [0.1, 0.15) is 32.6 Å². The maximum Gasteiger partial charge on any atom is 0.162 e. The molecule has 8 nitrogen and oxygen atoms in total. The standard InChI is InChI=1S/C22H32N4O4S/c1-15(14-24-26(31(27)28)17-4-5-17)16-7-10-25(11-8-16)20-6-9-23-19-13-22(30-3)21(29-2)12-18(19)20/h6,9,12-13,15-17,24H,4-5,7-8,10-11,14H2,1-3H3,(H,27,28)/p-1. The monoisotopic (exact) mass is 447 g/mol. The van der Waals surface area contributed by atoms with Crippen molar-refractivity contribution in [2.45, 2.75) is 38.6 Å². The minimum atomic E-state index is -2.20. The zero-order valence-electron chi connectivity index (χ0n) is 18.4. The van der Waals surface area contributed by atoms with Crippen LogP contribution in [-0.2, 0) is 11.3 Å². The van der Waals surface area contributed by atoms with Crippen molar-refractivity contribution < 1.29 is 18.2 Å². The summed E-state index contributed by atoms with van der Waals surface area (Å²) < 4.78 is 35.1. The van der Waals surface area contributed by atoms with Crippen molar-refractivity contribution in [3.8, 4) is 11.5 Å². The molecule has 1 saturated heterocycles. The Balaban J connectivity index is 1.40. The average molecular weight is 448 g/mol. The lowest BCUT2D eigenvalue weighted by atomic mass is 9.85. The highest BCUT2D eigenvalue weighted by atomic mass is 32.2. The van der Waals surface area contributed by atoms with Gasteiger partial charge < -0.3 is 18.9 Å². The largest absolute Gasteiger partial charge is 0.759 e. The van der Waals surface area contributed by atoms with E-state index in [9.17, 15) is 8.76 Å². The molecule has 0 spiro atoms. The topological polar surface area (TPSA) is 90.0 Å². The second-order valence-corrected chi connectivity index (χ2v) is 9.32. The molecule has 4 rings (SSSR count). The molecule has 1 aliphatic carbocycles. The number of nitrogens with zero attached hydrogens (tertiary/aromatic N) is 3. The van der Waals surface area contributed by atoms with E-state index in [2.05, 4.69) is 28.3 Å². The lowest BCUT2D eigenvalue weighted by Crippen LogP contribution is -2.45. The van der Waals surface area contributed by atoms with Crippen molar-refractivity contribution in [3.05, 3.63) is 24.4 Å². The van der Waals surface area contributed by atoms with E-state index in [-0.39, 0.29) is 6.04 Å². The van der Waals surface area contributed by atoms with Gasteiger partial charge in [0.1, 0.15) is 0 Å². The van der Waals surface area contributed by atoms with Crippen LogP contribution in [0, 0.1) is 11.8 Å². The lowest BCUT2D eigenvalue weighted by Gasteiger charge is -2.37. The van der Waals surface area contributed by atoms with E-state index in [0.29, 0.717) is 29.9 Å². The van der Waals surface area contributed by atoms with Gasteiger partial charge in [0.25, 0.3) is 0 Å². The molecule has 170 valence electrons. The average Bonchev–Trinajstić information content (AvgIpc) is 3.62. The number of aromatic nitrogens is 1. The third kappa shape index (κ3) is 4.95. The Morgan fingerprint density at radius 1 is 1.23 bits per heavy atom. The predicted octanol–water partition coefficient (Wildman–Crippen LogP) is 2.87. The van der Waals surface area contributed by atoms with E-state index in [1.165, 1.54) is 4.41 Å². The van der Waals surface area contributed by atoms with Gasteiger partial charge in [-0.3, -0.25) is 9.19 Å². The van der Waals surface area contributed by atoms with Crippen molar-refractivity contribution in [2.75, 3.05) is 38.8 Å². The van der Waals surface area contributed by atoms with Gasteiger partial charge >= 0.3 is 0 Å². The number of fused-ring (bicyclic) bond motifs is 1. The van der Waals surface area contributed by atoms with Crippen LogP contribution >= 0.6 is 0 Å². The quantitative estimate of drug-likeness (QED) is 0.467. The van der Waals surface area contributed by atoms with E-state index >= 15 is 0 Å². The first kappa shape index (κ1) is 22.3. The summed E-state index contributed by atoms with van der Waals surface area (Å²) in [6.07, 6.45) is 5.89. The molecule has 2 atom stereocenters. The van der Waals surface area contributed by atoms with Crippen LogP contribution in [-0.4, -0.2) is 58.1 Å². The Kier molecular flexibility index (Phi) is 6.95. The maximum atomic E-state index is 11.4. The highest BCUT2D eigenvalue weighted by Gasteiger charge is 2.31. The minimum Gasteiger partial charge on any atom is -0.759 e. The first-order valence-corrected chi connectivity index (χ1v) is 11.9. The minimum absolute atomic E-state index is 0.142. The number of pyridine rings is 1. The Morgan fingerprint density at radius 3 is 2.52 bits per heavy atom. The number of nitrogens with one attached hydrogen (secondary N) is 1. The molecule has 0 amide bonds. The fourth-order valence-electron chi connectivity index (χ4n) is 4.46. The smallest absolute Gasteiger partial charge is 0.162 e. The van der Waals surface area contributed by atoms with Gasteiger partial charge in [-0.05, 0) is 49.7 Å². The molecule has 1 aromatic carbocycles. The van der Waals surface area contributed by atoms with Gasteiger partial charge in [0.2, 0.25) is 0 Å². The maximum absolute atomic E-state index is 11.4. The predicted molar refractivity (Wildman–Crippen MR) is 121 cm³/mol. The number of rotatable bonds is 9. The zero-order chi connectivity index (χ0) is 22.0. The molecule has 2 aliphatic rings. The molecule has 2 aromatic rings. The van der Waals surface area contributed by atoms with Crippen LogP contribution < -0.4 is 19.8 Å². The van der Waals surface area contributed by atoms with Gasteiger partial charge in [-0.15, -0.1) is 0 Å². The summed E-state index contributed by atoms with van der Waals surface area (Å²) in [5.74, 6) is 2.35. The van der Waals surface area contributed by atoms with Crippen LogP contribution in [0.25, 0.3) is 10.9 Å². The molecule has 1 N–H and O–H groups in total. The summed E-state index contributed by atoms with van der Waals surface area (Å²) in [6.45, 7) is 4.82. The number of benzene rings is 1. The summed E-state index contributed by atoms with van der Waals surface area (Å²) in [5, 5.41) is 1.06. The molecule has 9 heteroatoms. The van der Waals surface area contributed by atoms with Crippen molar-refractivity contribution >= 4 is 27.9 Å². The number of anilines is 1. The van der Waals surface area contributed by atoms with Gasteiger partial charge in [-0.1, -0.05) is 6.92 Å². The molecule has 0 radical (unpaired) electrons. The highest BCUT2D eigenvalue weighted by molar-refractivity contribution is 7.76. The normalized spacial score (nSPS) is 19.6. The van der Waals surface area contributed by atoms with Gasteiger partial charge in [-0.25, -0.2) is 5.43 Å². The second-order valence-electron chi connectivity index (χ2n) is 8.49. The molecule has 31 heavy (non-hydrogen) atoms. The molecule has 2 fully saturated rings. The first-order chi connectivity index (χ1) is 15.0. The Morgan fingerprint density at radius 2 is 1.90 bits per heavy atom. The van der Waals surface area contributed by atoms with Crippen LogP contribution in [0.15, 0.2) is 24.4 Å². The summed E-state index contributed by atoms with van der Waals surface area (Å²) in [7, 11) is 3.28. The second kappa shape index (κ2) is 9.68. The van der Waals surface area contributed by atoms with Crippen LogP contribution in [0.4, 0.5) is 5.69 Å². The molecular formula is C22H31N4O4S-. The molecule has 1 aromatic heterocycles. The molecule has 1 aliphatic heterocycles. The van der Waals surface area contributed by atoms with E-state index in [0.717, 1.165) is 55.4 Å². The van der Waals surface area contributed by atoms with E-state index in [4.69, 9.17) is 9.47 Å². The van der Waals surface area contributed by atoms with Crippen LogP contribution in [0.3, 0.4) is 0 Å². The number of hydrazine groups is 1. The van der Waals surface area contributed by atoms with Crippen molar-refractivity contribution in [1.82, 2.24) is 14.8 Å². The first-order valence-electron chi connectivity index (χ1n) is 10.9. The SMILES string of the molecule is COc1cc2nccc(N3CCC(C(C)CNN(C4CC4)S(=O)[O-])CC3)c2cc1OC. The number of hydrogen-bond acceptors (Lipinski definition) is 7. The Bertz CT molecular complexity index is 931. The Labute approximate surface area is 186 Å². The third-order valence-electron chi connectivity index (χ3n) is 6.52. The molecular weight excluding hydrogens is 416 g/mol. The van der Waals surface area contributed by atoms with Gasteiger partial charge in [0, 0.05) is 60.3 Å². The number of hydrogen-bond donors (Lipinski definition) is 1. The lowest BCUT2D eigenvalue weighted by molar-refractivity contribution is 0.224. The number of ether oxygens (including phenoxy) is 2. The molecule has 1 saturated carbocycles. The van der Waals surface area contributed by atoms with Crippen molar-refractivity contribution in [3.63, 3.8) is 0 Å². The van der Waals surface area contributed by atoms with E-state index in [1.807, 2.05) is 18.3 Å². The molecule has 2 heterocycles. The van der Waals surface area contributed by atoms with Gasteiger partial charge in [0.05, 0.1) is 19.7 Å². The zero-order valence-corrected chi connectivity index (χ0v) is 19.2. The van der Waals surface area contributed by atoms with Gasteiger partial charge in [-0.2, -0.15) is 4.41 Å².